The molecule has 3 aromatic rings. The number of hydrogen-bond acceptors (Lipinski definition) is 4. The number of hydrogen-bond donors (Lipinski definition) is 1. The van der Waals surface area contributed by atoms with Crippen LogP contribution < -0.4 is 4.72 Å². The first kappa shape index (κ1) is 23.5. The zero-order valence-electron chi connectivity index (χ0n) is 18.8. The summed E-state index contributed by atoms with van der Waals surface area (Å²) >= 11 is 0. The Morgan fingerprint density at radius 1 is 0.848 bits per heavy atom. The second kappa shape index (κ2) is 9.29. The number of rotatable bonds is 7. The SMILES string of the molecule is CCCc1ccc(S(=O)(=O)Nc2ccc3c(c2)CN(S(=O)(=O)c2ccc(C)cc2)CC3)cc1. The molecule has 0 fully saturated rings. The van der Waals surface area contributed by atoms with Crippen LogP contribution in [-0.2, 0) is 39.4 Å². The highest BCUT2D eigenvalue weighted by molar-refractivity contribution is 7.92. The smallest absolute Gasteiger partial charge is 0.261 e. The van der Waals surface area contributed by atoms with E-state index in [-0.39, 0.29) is 16.3 Å². The lowest BCUT2D eigenvalue weighted by Gasteiger charge is -2.28. The van der Waals surface area contributed by atoms with Gasteiger partial charge in [0.05, 0.1) is 9.79 Å². The highest BCUT2D eigenvalue weighted by Gasteiger charge is 2.28. The molecule has 1 aliphatic rings. The Labute approximate surface area is 196 Å². The molecule has 33 heavy (non-hydrogen) atoms. The number of anilines is 1. The maximum absolute atomic E-state index is 13.1. The maximum atomic E-state index is 13.1. The Bertz CT molecular complexity index is 1350. The molecule has 0 unspecified atom stereocenters. The quantitative estimate of drug-likeness (QED) is 0.535. The molecule has 1 heterocycles. The summed E-state index contributed by atoms with van der Waals surface area (Å²) in [7, 11) is -7.37. The second-order valence-electron chi connectivity index (χ2n) is 8.38. The summed E-state index contributed by atoms with van der Waals surface area (Å²) in [5.74, 6) is 0. The molecule has 8 heteroatoms. The molecule has 3 aromatic carbocycles. The molecule has 4 rings (SSSR count). The van der Waals surface area contributed by atoms with E-state index in [0.29, 0.717) is 18.7 Å². The normalized spacial score (nSPS) is 14.6. The van der Waals surface area contributed by atoms with Crippen molar-refractivity contribution in [2.75, 3.05) is 11.3 Å². The summed E-state index contributed by atoms with van der Waals surface area (Å²) in [5.41, 5.74) is 4.34. The second-order valence-corrected chi connectivity index (χ2v) is 12.0. The zero-order valence-corrected chi connectivity index (χ0v) is 20.4. The zero-order chi connectivity index (χ0) is 23.6. The lowest BCUT2D eigenvalue weighted by atomic mass is 10.0. The third-order valence-corrected chi connectivity index (χ3v) is 9.12. The third kappa shape index (κ3) is 5.13. The molecule has 1 N–H and O–H groups in total. The maximum Gasteiger partial charge on any atom is 0.261 e. The molecule has 0 aromatic heterocycles. The van der Waals surface area contributed by atoms with Crippen LogP contribution in [0.15, 0.2) is 76.5 Å². The van der Waals surface area contributed by atoms with Gasteiger partial charge in [-0.25, -0.2) is 16.8 Å². The average molecular weight is 485 g/mol. The number of fused-ring (bicyclic) bond motifs is 1. The van der Waals surface area contributed by atoms with Gasteiger partial charge in [-0.3, -0.25) is 4.72 Å². The van der Waals surface area contributed by atoms with Crippen molar-refractivity contribution < 1.29 is 16.8 Å². The van der Waals surface area contributed by atoms with Crippen molar-refractivity contribution in [3.63, 3.8) is 0 Å². The van der Waals surface area contributed by atoms with E-state index < -0.39 is 20.0 Å². The van der Waals surface area contributed by atoms with Gasteiger partial charge < -0.3 is 0 Å². The van der Waals surface area contributed by atoms with E-state index in [1.807, 2.05) is 25.1 Å². The number of sulfonamides is 2. The monoisotopic (exact) mass is 484 g/mol. The Morgan fingerprint density at radius 3 is 2.18 bits per heavy atom. The number of nitrogens with zero attached hydrogens (tertiary/aromatic N) is 1. The topological polar surface area (TPSA) is 83.6 Å². The summed E-state index contributed by atoms with van der Waals surface area (Å²) in [6.07, 6.45) is 2.48. The molecule has 0 amide bonds. The van der Waals surface area contributed by atoms with Crippen molar-refractivity contribution in [1.82, 2.24) is 4.31 Å². The van der Waals surface area contributed by atoms with Gasteiger partial charge in [-0.05, 0) is 72.9 Å². The molecule has 0 atom stereocenters. The van der Waals surface area contributed by atoms with E-state index in [2.05, 4.69) is 11.6 Å². The Kier molecular flexibility index (Phi) is 6.61. The largest absolute Gasteiger partial charge is 0.280 e. The van der Waals surface area contributed by atoms with Crippen molar-refractivity contribution in [1.29, 1.82) is 0 Å². The summed E-state index contributed by atoms with van der Waals surface area (Å²) in [5, 5.41) is 0. The Hall–Kier alpha value is -2.68. The molecule has 0 spiro atoms. The molecular weight excluding hydrogens is 456 g/mol. The lowest BCUT2D eigenvalue weighted by Crippen LogP contribution is -2.36. The molecule has 0 radical (unpaired) electrons. The van der Waals surface area contributed by atoms with Gasteiger partial charge in [0.25, 0.3) is 10.0 Å². The molecule has 174 valence electrons. The fourth-order valence-electron chi connectivity index (χ4n) is 4.00. The first-order valence-electron chi connectivity index (χ1n) is 11.0. The van der Waals surface area contributed by atoms with Crippen LogP contribution in [0.3, 0.4) is 0 Å². The van der Waals surface area contributed by atoms with Gasteiger partial charge >= 0.3 is 0 Å². The predicted molar refractivity (Wildman–Crippen MR) is 130 cm³/mol. The number of aryl methyl sites for hydroxylation is 2. The van der Waals surface area contributed by atoms with Gasteiger partial charge in [0, 0.05) is 18.8 Å². The minimum absolute atomic E-state index is 0.198. The summed E-state index contributed by atoms with van der Waals surface area (Å²) in [4.78, 5) is 0.462. The van der Waals surface area contributed by atoms with Crippen molar-refractivity contribution >= 4 is 25.7 Å². The first-order valence-corrected chi connectivity index (χ1v) is 13.9. The first-order chi connectivity index (χ1) is 15.7. The van der Waals surface area contributed by atoms with E-state index in [1.54, 1.807) is 48.5 Å². The minimum atomic E-state index is -3.74. The number of benzene rings is 3. The van der Waals surface area contributed by atoms with Gasteiger partial charge in [0.15, 0.2) is 0 Å². The lowest BCUT2D eigenvalue weighted by molar-refractivity contribution is 0.391. The van der Waals surface area contributed by atoms with Crippen LogP contribution in [-0.4, -0.2) is 27.7 Å². The van der Waals surface area contributed by atoms with E-state index in [4.69, 9.17) is 0 Å². The summed E-state index contributed by atoms with van der Waals surface area (Å²) in [6, 6.07) is 19.0. The fourth-order valence-corrected chi connectivity index (χ4v) is 6.47. The Morgan fingerprint density at radius 2 is 1.52 bits per heavy atom. The molecule has 0 bridgehead atoms. The van der Waals surface area contributed by atoms with Crippen LogP contribution in [0.5, 0.6) is 0 Å². The Balaban J connectivity index is 1.54. The third-order valence-electron chi connectivity index (χ3n) is 5.87. The summed E-state index contributed by atoms with van der Waals surface area (Å²) < 4.78 is 56.0. The van der Waals surface area contributed by atoms with Gasteiger partial charge in [-0.1, -0.05) is 49.2 Å². The molecular formula is C25H28N2O4S2. The minimum Gasteiger partial charge on any atom is -0.280 e. The average Bonchev–Trinajstić information content (AvgIpc) is 2.79. The molecule has 0 saturated carbocycles. The van der Waals surface area contributed by atoms with Gasteiger partial charge in [0.1, 0.15) is 0 Å². The summed E-state index contributed by atoms with van der Waals surface area (Å²) in [6.45, 7) is 4.58. The van der Waals surface area contributed by atoms with Gasteiger partial charge in [-0.2, -0.15) is 4.31 Å². The van der Waals surface area contributed by atoms with Crippen LogP contribution in [0.25, 0.3) is 0 Å². The fraction of sp³-hybridized carbons (Fsp3) is 0.280. The molecule has 6 nitrogen and oxygen atoms in total. The van der Waals surface area contributed by atoms with Crippen molar-refractivity contribution in [3.05, 3.63) is 89.0 Å². The predicted octanol–water partition coefficient (Wildman–Crippen LogP) is 4.50. The van der Waals surface area contributed by atoms with Gasteiger partial charge in [0.2, 0.25) is 10.0 Å². The standard InChI is InChI=1S/C25H28N2O4S2/c1-3-4-20-7-13-24(14-8-20)32(28,29)26-23-10-9-21-15-16-27(18-22(21)17-23)33(30,31)25-11-5-19(2)6-12-25/h5-14,17,26H,3-4,15-16,18H2,1-2H3. The van der Waals surface area contributed by atoms with E-state index in [0.717, 1.165) is 35.1 Å². The highest BCUT2D eigenvalue weighted by atomic mass is 32.2. The van der Waals surface area contributed by atoms with E-state index in [1.165, 1.54) is 4.31 Å². The van der Waals surface area contributed by atoms with Crippen LogP contribution in [0.4, 0.5) is 5.69 Å². The number of nitrogens with one attached hydrogen (secondary N) is 1. The van der Waals surface area contributed by atoms with Crippen molar-refractivity contribution in [2.45, 2.75) is 49.4 Å². The van der Waals surface area contributed by atoms with E-state index in [9.17, 15) is 16.8 Å². The van der Waals surface area contributed by atoms with Crippen LogP contribution in [0.2, 0.25) is 0 Å². The van der Waals surface area contributed by atoms with Gasteiger partial charge in [-0.15, -0.1) is 0 Å². The van der Waals surface area contributed by atoms with E-state index >= 15 is 0 Å². The van der Waals surface area contributed by atoms with Crippen molar-refractivity contribution in [3.8, 4) is 0 Å². The van der Waals surface area contributed by atoms with Crippen LogP contribution >= 0.6 is 0 Å². The van der Waals surface area contributed by atoms with Crippen LogP contribution in [0.1, 0.15) is 35.6 Å². The molecule has 0 aliphatic carbocycles. The van der Waals surface area contributed by atoms with Crippen LogP contribution in [0, 0.1) is 6.92 Å². The molecule has 0 saturated heterocycles. The highest BCUT2D eigenvalue weighted by Crippen LogP contribution is 2.28. The van der Waals surface area contributed by atoms with Crippen molar-refractivity contribution in [2.24, 2.45) is 0 Å². The molecule has 1 aliphatic heterocycles.